The van der Waals surface area contributed by atoms with Gasteiger partial charge in [-0.1, -0.05) is 17.7 Å². The van der Waals surface area contributed by atoms with Crippen molar-refractivity contribution in [3.63, 3.8) is 0 Å². The lowest BCUT2D eigenvalue weighted by atomic mass is 10.2. The fourth-order valence-electron chi connectivity index (χ4n) is 3.40. The molecule has 0 saturated carbocycles. The molecule has 35 heavy (non-hydrogen) atoms. The van der Waals surface area contributed by atoms with Crippen LogP contribution in [0.2, 0.25) is 5.02 Å². The Morgan fingerprint density at radius 1 is 1.11 bits per heavy atom. The molecule has 11 nitrogen and oxygen atoms in total. The van der Waals surface area contributed by atoms with Gasteiger partial charge in [0, 0.05) is 28.7 Å². The van der Waals surface area contributed by atoms with Crippen molar-refractivity contribution in [1.82, 2.24) is 40.1 Å². The van der Waals surface area contributed by atoms with Crippen molar-refractivity contribution in [2.45, 2.75) is 13.0 Å². The zero-order valence-electron chi connectivity index (χ0n) is 18.4. The third-order valence-electron chi connectivity index (χ3n) is 5.09. The number of hydrogen-bond acceptors (Lipinski definition) is 9. The lowest BCUT2D eigenvalue weighted by molar-refractivity contribution is 0.0933. The number of anilines is 3. The van der Waals surface area contributed by atoms with Gasteiger partial charge in [0.15, 0.2) is 28.8 Å². The number of carbonyl (C=O) groups excluding carboxylic acids is 1. The van der Waals surface area contributed by atoms with Gasteiger partial charge in [-0.3, -0.25) is 9.78 Å². The van der Waals surface area contributed by atoms with E-state index < -0.39 is 11.9 Å². The van der Waals surface area contributed by atoms with Gasteiger partial charge < -0.3 is 16.4 Å². The molecule has 0 radical (unpaired) electrons. The maximum absolute atomic E-state index is 13.0. The Morgan fingerprint density at radius 3 is 2.80 bits per heavy atom. The summed E-state index contributed by atoms with van der Waals surface area (Å²) < 4.78 is 1.55. The van der Waals surface area contributed by atoms with E-state index in [1.165, 1.54) is 6.20 Å². The predicted molar refractivity (Wildman–Crippen MR) is 131 cm³/mol. The molecular formula is C23H19ClN10O. The van der Waals surface area contributed by atoms with E-state index in [9.17, 15) is 4.79 Å². The van der Waals surface area contributed by atoms with Crippen LogP contribution >= 0.6 is 11.6 Å². The van der Waals surface area contributed by atoms with Crippen molar-refractivity contribution in [2.24, 2.45) is 0 Å². The van der Waals surface area contributed by atoms with Crippen LogP contribution in [0.25, 0.3) is 16.9 Å². The number of nitrogens with zero attached hydrogens (tertiary/aromatic N) is 7. The molecule has 1 atom stereocenters. The first-order chi connectivity index (χ1) is 17.0. The first-order valence-corrected chi connectivity index (χ1v) is 10.9. The SMILES string of the molecule is C[C@@H](NC(=O)c1nc(-c2cccnc2)cnc1N)c1nnc2ccc(Nc3cccc(Cl)c3)nn12. The molecule has 0 bridgehead atoms. The summed E-state index contributed by atoms with van der Waals surface area (Å²) in [5, 5.41) is 19.5. The molecule has 0 aliphatic carbocycles. The number of nitrogens with one attached hydrogen (secondary N) is 2. The highest BCUT2D eigenvalue weighted by Crippen LogP contribution is 2.21. The Kier molecular flexibility index (Phi) is 5.90. The number of hydrogen-bond donors (Lipinski definition) is 3. The van der Waals surface area contributed by atoms with Crippen molar-refractivity contribution < 1.29 is 4.79 Å². The van der Waals surface area contributed by atoms with E-state index in [1.54, 1.807) is 54.2 Å². The monoisotopic (exact) mass is 486 g/mol. The van der Waals surface area contributed by atoms with Gasteiger partial charge in [-0.15, -0.1) is 15.3 Å². The highest BCUT2D eigenvalue weighted by atomic mass is 35.5. The van der Waals surface area contributed by atoms with Gasteiger partial charge in [-0.05, 0) is 49.4 Å². The van der Waals surface area contributed by atoms with Gasteiger partial charge >= 0.3 is 0 Å². The van der Waals surface area contributed by atoms with Gasteiger partial charge in [0.05, 0.1) is 17.9 Å². The summed E-state index contributed by atoms with van der Waals surface area (Å²) >= 11 is 6.06. The molecule has 0 saturated heterocycles. The van der Waals surface area contributed by atoms with Crippen molar-refractivity contribution in [1.29, 1.82) is 0 Å². The lowest BCUT2D eigenvalue weighted by Gasteiger charge is -2.13. The van der Waals surface area contributed by atoms with Crippen LogP contribution in [0.5, 0.6) is 0 Å². The highest BCUT2D eigenvalue weighted by Gasteiger charge is 2.21. The first-order valence-electron chi connectivity index (χ1n) is 10.6. The Bertz CT molecular complexity index is 1520. The van der Waals surface area contributed by atoms with Crippen LogP contribution in [0.1, 0.15) is 29.3 Å². The Hall–Kier alpha value is -4.64. The zero-order valence-corrected chi connectivity index (χ0v) is 19.2. The molecule has 174 valence electrons. The number of amides is 1. The van der Waals surface area contributed by atoms with Crippen LogP contribution in [-0.4, -0.2) is 40.7 Å². The Morgan fingerprint density at radius 2 is 2.00 bits per heavy atom. The third kappa shape index (κ3) is 4.70. The minimum atomic E-state index is -0.560. The van der Waals surface area contributed by atoms with Crippen molar-refractivity contribution in [3.8, 4) is 11.3 Å². The summed E-state index contributed by atoms with van der Waals surface area (Å²) in [5.41, 5.74) is 8.45. The van der Waals surface area contributed by atoms with Gasteiger partial charge in [0.25, 0.3) is 5.91 Å². The third-order valence-corrected chi connectivity index (χ3v) is 5.33. The molecule has 5 rings (SSSR count). The Labute approximate surface area is 204 Å². The van der Waals surface area contributed by atoms with Crippen molar-refractivity contribution >= 4 is 40.5 Å². The van der Waals surface area contributed by atoms with E-state index >= 15 is 0 Å². The molecule has 12 heteroatoms. The number of nitrogens with two attached hydrogens (primary N) is 1. The highest BCUT2D eigenvalue weighted by molar-refractivity contribution is 6.30. The van der Waals surface area contributed by atoms with Gasteiger partial charge in [0.2, 0.25) is 0 Å². The topological polar surface area (TPSA) is 149 Å². The molecule has 4 heterocycles. The van der Waals surface area contributed by atoms with Crippen LogP contribution in [0.15, 0.2) is 67.1 Å². The maximum atomic E-state index is 13.0. The smallest absolute Gasteiger partial charge is 0.274 e. The molecular weight excluding hydrogens is 468 g/mol. The minimum absolute atomic E-state index is 0.00305. The summed E-state index contributed by atoms with van der Waals surface area (Å²) in [7, 11) is 0. The van der Waals surface area contributed by atoms with Crippen LogP contribution in [-0.2, 0) is 0 Å². The fourth-order valence-corrected chi connectivity index (χ4v) is 3.59. The van der Waals surface area contributed by atoms with E-state index in [0.717, 1.165) is 11.3 Å². The van der Waals surface area contributed by atoms with Gasteiger partial charge in [-0.2, -0.15) is 4.52 Å². The minimum Gasteiger partial charge on any atom is -0.382 e. The number of pyridine rings is 1. The standard InChI is InChI=1S/C23H19ClN10O/c1-13(28-23(35)20-21(25)27-12-17(30-20)14-4-3-9-26-11-14)22-32-31-19-8-7-18(33-34(19)22)29-16-6-2-5-15(24)10-16/h2-13H,1H3,(H2,25,27)(H,28,35)(H,29,33)/t13-/m1/s1. The number of aromatic nitrogens is 7. The van der Waals surface area contributed by atoms with E-state index in [-0.39, 0.29) is 11.5 Å². The summed E-state index contributed by atoms with van der Waals surface area (Å²) in [4.78, 5) is 25.6. The average Bonchev–Trinajstić information content (AvgIpc) is 3.28. The summed E-state index contributed by atoms with van der Waals surface area (Å²) in [6.45, 7) is 1.77. The second-order valence-electron chi connectivity index (χ2n) is 7.61. The second-order valence-corrected chi connectivity index (χ2v) is 8.04. The maximum Gasteiger partial charge on any atom is 0.274 e. The summed E-state index contributed by atoms with van der Waals surface area (Å²) in [6, 6.07) is 13.9. The lowest BCUT2D eigenvalue weighted by Crippen LogP contribution is -2.30. The summed E-state index contributed by atoms with van der Waals surface area (Å²) in [5.74, 6) is 0.495. The quantitative estimate of drug-likeness (QED) is 0.328. The number of nitrogen functional groups attached to an aromatic ring is 1. The van der Waals surface area contributed by atoms with Crippen molar-refractivity contribution in [3.05, 3.63) is 83.7 Å². The number of rotatable bonds is 6. The van der Waals surface area contributed by atoms with Crippen LogP contribution in [0.4, 0.5) is 17.3 Å². The van der Waals surface area contributed by atoms with E-state index in [4.69, 9.17) is 17.3 Å². The molecule has 4 aromatic heterocycles. The fraction of sp³-hybridized carbons (Fsp3) is 0.0870. The molecule has 1 amide bonds. The molecule has 0 unspecified atom stereocenters. The van der Waals surface area contributed by atoms with Gasteiger partial charge in [-0.25, -0.2) is 9.97 Å². The van der Waals surface area contributed by atoms with Crippen molar-refractivity contribution in [2.75, 3.05) is 11.1 Å². The van der Waals surface area contributed by atoms with E-state index in [1.807, 2.05) is 18.2 Å². The summed E-state index contributed by atoms with van der Waals surface area (Å²) in [6.07, 6.45) is 4.78. The number of fused-ring (bicyclic) bond motifs is 1. The number of benzene rings is 1. The second kappa shape index (κ2) is 9.31. The Balaban J connectivity index is 1.39. The van der Waals surface area contributed by atoms with Crippen LogP contribution in [0.3, 0.4) is 0 Å². The molecule has 0 spiro atoms. The molecule has 5 aromatic rings. The first kappa shape index (κ1) is 22.2. The normalized spacial score (nSPS) is 11.8. The average molecular weight is 487 g/mol. The molecule has 0 fully saturated rings. The molecule has 0 aliphatic rings. The number of carbonyl (C=O) groups is 1. The van der Waals surface area contributed by atoms with Crippen LogP contribution in [0, 0.1) is 0 Å². The van der Waals surface area contributed by atoms with E-state index in [0.29, 0.717) is 28.0 Å². The van der Waals surface area contributed by atoms with Crippen LogP contribution < -0.4 is 16.4 Å². The molecule has 0 aliphatic heterocycles. The molecule has 4 N–H and O–H groups in total. The number of halogens is 1. The largest absolute Gasteiger partial charge is 0.382 e. The molecule has 1 aromatic carbocycles. The predicted octanol–water partition coefficient (Wildman–Crippen LogP) is 3.45. The zero-order chi connectivity index (χ0) is 24.4. The van der Waals surface area contributed by atoms with Gasteiger partial charge in [0.1, 0.15) is 0 Å². The van der Waals surface area contributed by atoms with E-state index in [2.05, 4.69) is 40.9 Å².